The van der Waals surface area contributed by atoms with Crippen LogP contribution >= 0.6 is 0 Å². The quantitative estimate of drug-likeness (QED) is 0.754. The Kier molecular flexibility index (Phi) is 6.03. The molecule has 0 aliphatic carbocycles. The van der Waals surface area contributed by atoms with Gasteiger partial charge in [-0.15, -0.1) is 0 Å². The lowest BCUT2D eigenvalue weighted by Crippen LogP contribution is -2.40. The molecule has 5 heteroatoms. The van der Waals surface area contributed by atoms with E-state index in [0.717, 1.165) is 6.54 Å². The molecule has 0 aliphatic heterocycles. The predicted octanol–water partition coefficient (Wildman–Crippen LogP) is 1.99. The van der Waals surface area contributed by atoms with Crippen LogP contribution in [-0.2, 0) is 0 Å². The number of hydrogen-bond acceptors (Lipinski definition) is 4. The van der Waals surface area contributed by atoms with E-state index in [1.165, 1.54) is 0 Å². The third-order valence-corrected chi connectivity index (χ3v) is 3.05. The summed E-state index contributed by atoms with van der Waals surface area (Å²) in [6.45, 7) is 8.06. The highest BCUT2D eigenvalue weighted by atomic mass is 16.5. The molecule has 0 saturated heterocycles. The Labute approximate surface area is 127 Å². The highest BCUT2D eigenvalue weighted by Gasteiger charge is 2.21. The first-order chi connectivity index (χ1) is 9.76. The van der Waals surface area contributed by atoms with Gasteiger partial charge in [-0.2, -0.15) is 0 Å². The topological polar surface area (TPSA) is 67.6 Å². The molecule has 0 aromatic heterocycles. The molecule has 1 aromatic carbocycles. The molecular formula is C16H27N3O2. The van der Waals surface area contributed by atoms with E-state index in [1.807, 2.05) is 21.0 Å². The number of nitrogens with zero attached hydrogens (tertiary/aromatic N) is 1. The molecule has 1 rings (SSSR count). The van der Waals surface area contributed by atoms with E-state index in [-0.39, 0.29) is 11.3 Å². The zero-order valence-electron chi connectivity index (χ0n) is 13.7. The Morgan fingerprint density at radius 3 is 2.62 bits per heavy atom. The summed E-state index contributed by atoms with van der Waals surface area (Å²) in [6.07, 6.45) is 0. The fourth-order valence-corrected chi connectivity index (χ4v) is 2.37. The molecule has 0 saturated carbocycles. The molecule has 3 N–H and O–H groups in total. The smallest absolute Gasteiger partial charge is 0.255 e. The number of nitrogens with two attached hydrogens (primary N) is 1. The van der Waals surface area contributed by atoms with Crippen molar-refractivity contribution in [2.24, 2.45) is 5.41 Å². The normalized spacial score (nSPS) is 11.5. The van der Waals surface area contributed by atoms with Gasteiger partial charge in [-0.1, -0.05) is 19.9 Å². The number of carbonyl (C=O) groups excluding carboxylic acids is 1. The fraction of sp³-hybridized carbons (Fsp3) is 0.562. The SMILES string of the molecule is CCOc1c(N)cccc1C(=O)NCC(C)(C)CN(C)C. The summed E-state index contributed by atoms with van der Waals surface area (Å²) in [6, 6.07) is 5.23. The Hall–Kier alpha value is -1.75. The number of nitrogens with one attached hydrogen (secondary N) is 1. The van der Waals surface area contributed by atoms with E-state index in [1.54, 1.807) is 18.2 Å². The second-order valence-electron chi connectivity index (χ2n) is 6.24. The molecule has 118 valence electrons. The van der Waals surface area contributed by atoms with Gasteiger partial charge in [0.25, 0.3) is 5.91 Å². The number of amides is 1. The number of para-hydroxylation sites is 1. The monoisotopic (exact) mass is 293 g/mol. The summed E-state index contributed by atoms with van der Waals surface area (Å²) < 4.78 is 5.49. The van der Waals surface area contributed by atoms with Crippen molar-refractivity contribution in [3.8, 4) is 5.75 Å². The summed E-state index contributed by atoms with van der Waals surface area (Å²) >= 11 is 0. The summed E-state index contributed by atoms with van der Waals surface area (Å²) in [7, 11) is 4.04. The third-order valence-electron chi connectivity index (χ3n) is 3.05. The van der Waals surface area contributed by atoms with Gasteiger partial charge < -0.3 is 20.7 Å². The molecule has 0 fully saturated rings. The number of rotatable bonds is 7. The lowest BCUT2D eigenvalue weighted by atomic mass is 9.93. The number of hydrogen-bond donors (Lipinski definition) is 2. The molecule has 0 unspecified atom stereocenters. The number of ether oxygens (including phenoxy) is 1. The van der Waals surface area contributed by atoms with E-state index < -0.39 is 0 Å². The van der Waals surface area contributed by atoms with Gasteiger partial charge in [0.15, 0.2) is 5.75 Å². The van der Waals surface area contributed by atoms with Crippen LogP contribution in [0, 0.1) is 5.41 Å². The van der Waals surface area contributed by atoms with Crippen LogP contribution in [0.25, 0.3) is 0 Å². The van der Waals surface area contributed by atoms with Crippen molar-refractivity contribution in [1.29, 1.82) is 0 Å². The molecule has 1 amide bonds. The minimum Gasteiger partial charge on any atom is -0.491 e. The fourth-order valence-electron chi connectivity index (χ4n) is 2.37. The minimum atomic E-state index is -0.155. The maximum atomic E-state index is 12.4. The number of anilines is 1. The molecule has 0 radical (unpaired) electrons. The standard InChI is InChI=1S/C16H27N3O2/c1-6-21-14-12(8-7-9-13(14)17)15(20)18-10-16(2,3)11-19(4)5/h7-9H,6,10-11,17H2,1-5H3,(H,18,20). The van der Waals surface area contributed by atoms with E-state index in [0.29, 0.717) is 30.2 Å². The maximum Gasteiger partial charge on any atom is 0.255 e. The van der Waals surface area contributed by atoms with Gasteiger partial charge in [0.2, 0.25) is 0 Å². The minimum absolute atomic E-state index is 0.00867. The van der Waals surface area contributed by atoms with Crippen molar-refractivity contribution < 1.29 is 9.53 Å². The van der Waals surface area contributed by atoms with Gasteiger partial charge in [0, 0.05) is 13.1 Å². The lowest BCUT2D eigenvalue weighted by molar-refractivity contribution is 0.0925. The first kappa shape index (κ1) is 17.3. The summed E-state index contributed by atoms with van der Waals surface area (Å²) in [4.78, 5) is 14.5. The highest BCUT2D eigenvalue weighted by Crippen LogP contribution is 2.26. The Bertz CT molecular complexity index is 484. The van der Waals surface area contributed by atoms with Crippen molar-refractivity contribution in [1.82, 2.24) is 10.2 Å². The molecular weight excluding hydrogens is 266 g/mol. The predicted molar refractivity (Wildman–Crippen MR) is 86.7 cm³/mol. The first-order valence-corrected chi connectivity index (χ1v) is 7.21. The van der Waals surface area contributed by atoms with E-state index in [9.17, 15) is 4.79 Å². The van der Waals surface area contributed by atoms with Crippen molar-refractivity contribution in [2.75, 3.05) is 39.5 Å². The van der Waals surface area contributed by atoms with Gasteiger partial charge >= 0.3 is 0 Å². The Morgan fingerprint density at radius 2 is 2.05 bits per heavy atom. The summed E-state index contributed by atoms with van der Waals surface area (Å²) in [5, 5.41) is 2.97. The Morgan fingerprint density at radius 1 is 1.38 bits per heavy atom. The van der Waals surface area contributed by atoms with E-state index in [4.69, 9.17) is 10.5 Å². The van der Waals surface area contributed by atoms with Crippen molar-refractivity contribution in [3.63, 3.8) is 0 Å². The van der Waals surface area contributed by atoms with Crippen LogP contribution < -0.4 is 15.8 Å². The second-order valence-corrected chi connectivity index (χ2v) is 6.24. The van der Waals surface area contributed by atoms with Crippen LogP contribution in [0.1, 0.15) is 31.1 Å². The van der Waals surface area contributed by atoms with Crippen LogP contribution in [0.5, 0.6) is 5.75 Å². The van der Waals surface area contributed by atoms with Crippen LogP contribution in [-0.4, -0.2) is 44.6 Å². The average molecular weight is 293 g/mol. The van der Waals surface area contributed by atoms with E-state index >= 15 is 0 Å². The lowest BCUT2D eigenvalue weighted by Gasteiger charge is -2.28. The van der Waals surface area contributed by atoms with Gasteiger partial charge in [0.1, 0.15) is 0 Å². The second kappa shape index (κ2) is 7.31. The summed E-state index contributed by atoms with van der Waals surface area (Å²) in [5.41, 5.74) is 6.84. The van der Waals surface area contributed by atoms with Gasteiger partial charge in [-0.05, 0) is 38.6 Å². The number of benzene rings is 1. The van der Waals surface area contributed by atoms with Crippen molar-refractivity contribution >= 4 is 11.6 Å². The van der Waals surface area contributed by atoms with Crippen molar-refractivity contribution in [3.05, 3.63) is 23.8 Å². The highest BCUT2D eigenvalue weighted by molar-refractivity contribution is 5.98. The van der Waals surface area contributed by atoms with Gasteiger partial charge in [-0.25, -0.2) is 0 Å². The molecule has 0 atom stereocenters. The zero-order chi connectivity index (χ0) is 16.0. The summed E-state index contributed by atoms with van der Waals surface area (Å²) in [5.74, 6) is 0.306. The number of carbonyl (C=O) groups is 1. The number of nitrogen functional groups attached to an aromatic ring is 1. The molecule has 5 nitrogen and oxygen atoms in total. The average Bonchev–Trinajstić information content (AvgIpc) is 2.37. The Balaban J connectivity index is 2.79. The first-order valence-electron chi connectivity index (χ1n) is 7.21. The molecule has 0 heterocycles. The maximum absolute atomic E-state index is 12.4. The van der Waals surface area contributed by atoms with Crippen LogP contribution in [0.2, 0.25) is 0 Å². The molecule has 0 aliphatic rings. The van der Waals surface area contributed by atoms with E-state index in [2.05, 4.69) is 24.1 Å². The third kappa shape index (κ3) is 5.27. The molecule has 0 bridgehead atoms. The zero-order valence-corrected chi connectivity index (χ0v) is 13.7. The largest absolute Gasteiger partial charge is 0.491 e. The van der Waals surface area contributed by atoms with Gasteiger partial charge in [-0.3, -0.25) is 4.79 Å². The van der Waals surface area contributed by atoms with Crippen LogP contribution in [0.15, 0.2) is 18.2 Å². The molecule has 1 aromatic rings. The van der Waals surface area contributed by atoms with Crippen LogP contribution in [0.3, 0.4) is 0 Å². The van der Waals surface area contributed by atoms with Crippen LogP contribution in [0.4, 0.5) is 5.69 Å². The van der Waals surface area contributed by atoms with Crippen molar-refractivity contribution in [2.45, 2.75) is 20.8 Å². The molecule has 21 heavy (non-hydrogen) atoms. The molecule has 0 spiro atoms. The van der Waals surface area contributed by atoms with Gasteiger partial charge in [0.05, 0.1) is 17.9 Å².